The molecule has 2 rings (SSSR count). The van der Waals surface area contributed by atoms with E-state index in [0.717, 1.165) is 12.8 Å². The van der Waals surface area contributed by atoms with E-state index in [-0.39, 0.29) is 23.8 Å². The quantitative estimate of drug-likeness (QED) is 0.475. The summed E-state index contributed by atoms with van der Waals surface area (Å²) in [6, 6.07) is 0. The van der Waals surface area contributed by atoms with E-state index in [1.54, 1.807) is 14.0 Å². The highest BCUT2D eigenvalue weighted by Crippen LogP contribution is 2.53. The zero-order valence-electron chi connectivity index (χ0n) is 7.91. The Bertz CT molecular complexity index is 220. The van der Waals surface area contributed by atoms with Gasteiger partial charge in [-0.15, -0.1) is 0 Å². The third kappa shape index (κ3) is 1.34. The number of esters is 1. The van der Waals surface area contributed by atoms with Crippen LogP contribution in [0.3, 0.4) is 0 Å². The van der Waals surface area contributed by atoms with Crippen LogP contribution < -0.4 is 0 Å². The van der Waals surface area contributed by atoms with Crippen LogP contribution in [0.25, 0.3) is 0 Å². The Kier molecular flexibility index (Phi) is 2.04. The predicted octanol–water partition coefficient (Wildman–Crippen LogP) is 0.496. The van der Waals surface area contributed by atoms with Crippen LogP contribution in [-0.4, -0.2) is 37.5 Å². The van der Waals surface area contributed by atoms with Gasteiger partial charge in [0.2, 0.25) is 0 Å². The summed E-state index contributed by atoms with van der Waals surface area (Å²) >= 11 is 0. The fourth-order valence-electron chi connectivity index (χ4n) is 1.87. The Morgan fingerprint density at radius 1 is 1.62 bits per heavy atom. The summed E-state index contributed by atoms with van der Waals surface area (Å²) in [5.74, 6) is -0.225. The van der Waals surface area contributed by atoms with E-state index in [0.29, 0.717) is 6.61 Å². The second-order valence-corrected chi connectivity index (χ2v) is 3.58. The first-order chi connectivity index (χ1) is 6.22. The molecule has 2 fully saturated rings. The molecule has 1 saturated carbocycles. The van der Waals surface area contributed by atoms with Crippen molar-refractivity contribution in [1.82, 2.24) is 0 Å². The molecule has 0 amide bonds. The lowest BCUT2D eigenvalue weighted by Gasteiger charge is -2.31. The Hall–Kier alpha value is -0.610. The van der Waals surface area contributed by atoms with Gasteiger partial charge in [-0.2, -0.15) is 0 Å². The van der Waals surface area contributed by atoms with E-state index in [9.17, 15) is 4.79 Å². The first-order valence-electron chi connectivity index (χ1n) is 4.59. The molecule has 1 saturated heterocycles. The molecular formula is C9H14O4. The van der Waals surface area contributed by atoms with Gasteiger partial charge in [-0.05, 0) is 6.92 Å². The smallest absolute Gasteiger partial charge is 0.338 e. The molecule has 4 nitrogen and oxygen atoms in total. The summed E-state index contributed by atoms with van der Waals surface area (Å²) in [7, 11) is 1.68. The molecule has 1 atom stereocenters. The molecule has 0 N–H and O–H groups in total. The van der Waals surface area contributed by atoms with Gasteiger partial charge in [-0.3, -0.25) is 0 Å². The summed E-state index contributed by atoms with van der Waals surface area (Å²) in [5.41, 5.74) is -0.215. The van der Waals surface area contributed by atoms with E-state index in [4.69, 9.17) is 14.2 Å². The van der Waals surface area contributed by atoms with Crippen molar-refractivity contribution in [2.45, 2.75) is 37.6 Å². The van der Waals surface area contributed by atoms with Gasteiger partial charge < -0.3 is 14.2 Å². The molecule has 1 spiro atoms. The van der Waals surface area contributed by atoms with Crippen LogP contribution in [0.1, 0.15) is 19.8 Å². The predicted molar refractivity (Wildman–Crippen MR) is 44.3 cm³/mol. The lowest BCUT2D eigenvalue weighted by molar-refractivity contribution is -0.144. The van der Waals surface area contributed by atoms with Crippen molar-refractivity contribution in [2.75, 3.05) is 13.7 Å². The first kappa shape index (κ1) is 8.97. The van der Waals surface area contributed by atoms with Gasteiger partial charge in [0.15, 0.2) is 6.10 Å². The van der Waals surface area contributed by atoms with E-state index in [2.05, 4.69) is 0 Å². The second kappa shape index (κ2) is 2.96. The number of ether oxygens (including phenoxy) is 3. The van der Waals surface area contributed by atoms with E-state index < -0.39 is 0 Å². The standard InChI is InChI=1S/C9H14O4/c1-3-12-8(10)7-9(13-7)4-6(5-9)11-2/h6-7H,3-5H2,1-2H3. The van der Waals surface area contributed by atoms with Crippen LogP contribution in [0.15, 0.2) is 0 Å². The maximum Gasteiger partial charge on any atom is 0.338 e. The average Bonchev–Trinajstić information content (AvgIpc) is 2.76. The molecular weight excluding hydrogens is 172 g/mol. The van der Waals surface area contributed by atoms with E-state index in [1.807, 2.05) is 0 Å². The lowest BCUT2D eigenvalue weighted by Crippen LogP contribution is -2.41. The van der Waals surface area contributed by atoms with Crippen molar-refractivity contribution in [3.05, 3.63) is 0 Å². The number of carbonyl (C=O) groups excluding carboxylic acids is 1. The number of epoxide rings is 1. The Balaban J connectivity index is 1.80. The molecule has 0 aromatic heterocycles. The molecule has 4 heteroatoms. The maximum absolute atomic E-state index is 11.2. The van der Waals surface area contributed by atoms with Crippen molar-refractivity contribution in [2.24, 2.45) is 0 Å². The topological polar surface area (TPSA) is 48.1 Å². The molecule has 74 valence electrons. The lowest BCUT2D eigenvalue weighted by atomic mass is 9.79. The van der Waals surface area contributed by atoms with Gasteiger partial charge in [-0.25, -0.2) is 4.79 Å². The zero-order valence-corrected chi connectivity index (χ0v) is 7.91. The van der Waals surface area contributed by atoms with Crippen LogP contribution in [-0.2, 0) is 19.0 Å². The van der Waals surface area contributed by atoms with Crippen molar-refractivity contribution in [1.29, 1.82) is 0 Å². The Morgan fingerprint density at radius 3 is 2.85 bits per heavy atom. The maximum atomic E-state index is 11.2. The van der Waals surface area contributed by atoms with Gasteiger partial charge in [0.25, 0.3) is 0 Å². The highest BCUT2D eigenvalue weighted by molar-refractivity contribution is 5.79. The van der Waals surface area contributed by atoms with E-state index >= 15 is 0 Å². The van der Waals surface area contributed by atoms with E-state index in [1.165, 1.54) is 0 Å². The van der Waals surface area contributed by atoms with Gasteiger partial charge in [0.05, 0.1) is 12.7 Å². The third-order valence-electron chi connectivity index (χ3n) is 2.75. The highest BCUT2D eigenvalue weighted by atomic mass is 16.7. The monoisotopic (exact) mass is 186 g/mol. The van der Waals surface area contributed by atoms with Crippen LogP contribution in [0.4, 0.5) is 0 Å². The molecule has 1 aliphatic carbocycles. The van der Waals surface area contributed by atoms with Crippen molar-refractivity contribution >= 4 is 5.97 Å². The fraction of sp³-hybridized carbons (Fsp3) is 0.889. The van der Waals surface area contributed by atoms with Gasteiger partial charge in [-0.1, -0.05) is 0 Å². The molecule has 1 unspecified atom stereocenters. The van der Waals surface area contributed by atoms with Crippen LogP contribution >= 0.6 is 0 Å². The molecule has 1 heterocycles. The molecule has 0 aromatic carbocycles. The normalized spacial score (nSPS) is 41.4. The van der Waals surface area contributed by atoms with Crippen molar-refractivity contribution in [3.8, 4) is 0 Å². The second-order valence-electron chi connectivity index (χ2n) is 3.58. The number of methoxy groups -OCH3 is 1. The highest BCUT2D eigenvalue weighted by Gasteiger charge is 2.68. The van der Waals surface area contributed by atoms with Gasteiger partial charge in [0, 0.05) is 20.0 Å². The Labute approximate surface area is 77.1 Å². The average molecular weight is 186 g/mol. The van der Waals surface area contributed by atoms with Crippen LogP contribution in [0.2, 0.25) is 0 Å². The van der Waals surface area contributed by atoms with Crippen molar-refractivity contribution in [3.63, 3.8) is 0 Å². The number of hydrogen-bond donors (Lipinski definition) is 0. The fourth-order valence-corrected chi connectivity index (χ4v) is 1.87. The minimum absolute atomic E-state index is 0.215. The molecule has 0 bridgehead atoms. The molecule has 0 aromatic rings. The Morgan fingerprint density at radius 2 is 2.31 bits per heavy atom. The van der Waals surface area contributed by atoms with Crippen LogP contribution in [0, 0.1) is 0 Å². The minimum atomic E-state index is -0.321. The van der Waals surface area contributed by atoms with Crippen molar-refractivity contribution < 1.29 is 19.0 Å². The first-order valence-corrected chi connectivity index (χ1v) is 4.59. The summed E-state index contributed by atoms with van der Waals surface area (Å²) in [6.45, 7) is 2.22. The summed E-state index contributed by atoms with van der Waals surface area (Å²) in [6.07, 6.45) is 1.60. The largest absolute Gasteiger partial charge is 0.464 e. The SMILES string of the molecule is CCOC(=O)C1OC12CC(OC)C2. The van der Waals surface area contributed by atoms with Crippen LogP contribution in [0.5, 0.6) is 0 Å². The number of hydrogen-bond acceptors (Lipinski definition) is 4. The molecule has 2 aliphatic rings. The summed E-state index contributed by atoms with van der Waals surface area (Å²) in [4.78, 5) is 11.2. The number of rotatable bonds is 3. The third-order valence-corrected chi connectivity index (χ3v) is 2.75. The summed E-state index contributed by atoms with van der Waals surface area (Å²) in [5, 5.41) is 0. The minimum Gasteiger partial charge on any atom is -0.464 e. The molecule has 0 radical (unpaired) electrons. The zero-order chi connectivity index (χ0) is 9.47. The van der Waals surface area contributed by atoms with Gasteiger partial charge in [0.1, 0.15) is 5.60 Å². The number of carbonyl (C=O) groups is 1. The molecule has 13 heavy (non-hydrogen) atoms. The summed E-state index contributed by atoms with van der Waals surface area (Å²) < 4.78 is 15.3. The van der Waals surface area contributed by atoms with Gasteiger partial charge >= 0.3 is 5.97 Å². The molecule has 1 aliphatic heterocycles.